The number of amides is 1. The summed E-state index contributed by atoms with van der Waals surface area (Å²) in [6, 6.07) is 9.39. The fourth-order valence-corrected chi connectivity index (χ4v) is 4.83. The van der Waals surface area contributed by atoms with Crippen LogP contribution < -0.4 is 4.90 Å². The number of aromatic nitrogens is 3. The van der Waals surface area contributed by atoms with Crippen LogP contribution in [0.25, 0.3) is 0 Å². The first-order chi connectivity index (χ1) is 15.8. The van der Waals surface area contributed by atoms with Crippen LogP contribution in [0.3, 0.4) is 0 Å². The summed E-state index contributed by atoms with van der Waals surface area (Å²) >= 11 is 0. The smallest absolute Gasteiger partial charge is 0.320 e. The van der Waals surface area contributed by atoms with E-state index in [-0.39, 0.29) is 29.2 Å². The quantitative estimate of drug-likeness (QED) is 0.523. The molecule has 0 bridgehead atoms. The van der Waals surface area contributed by atoms with Crippen molar-refractivity contribution in [3.05, 3.63) is 76.4 Å². The molecule has 3 aromatic rings. The third kappa shape index (κ3) is 3.61. The van der Waals surface area contributed by atoms with Gasteiger partial charge in [0.2, 0.25) is 0 Å². The highest BCUT2D eigenvalue weighted by Crippen LogP contribution is 2.44. The van der Waals surface area contributed by atoms with Crippen molar-refractivity contribution in [3.63, 3.8) is 0 Å². The standard InChI is InChI=1S/C24H21F3N4O2/c1-30-13-28-29-22(30)21(15-4-2-5-15)16-6-3-7-17(10-16)31-11-19-18(23(31)33)8-14(12-32)9-20(19)24(25,26)27/h3,6-10,12-13,15,21H,2,4-5,11H2,1H3/t21-/m1/s1. The monoisotopic (exact) mass is 454 g/mol. The zero-order chi connectivity index (χ0) is 23.3. The number of nitrogens with zero attached hydrogens (tertiary/aromatic N) is 4. The predicted molar refractivity (Wildman–Crippen MR) is 114 cm³/mol. The molecule has 1 fully saturated rings. The molecular formula is C24H21F3N4O2. The third-order valence-corrected chi connectivity index (χ3v) is 6.69. The molecule has 33 heavy (non-hydrogen) atoms. The molecule has 2 aliphatic rings. The fraction of sp³-hybridized carbons (Fsp3) is 0.333. The molecule has 1 aliphatic carbocycles. The Hall–Kier alpha value is -3.49. The minimum atomic E-state index is -4.66. The number of anilines is 1. The molecular weight excluding hydrogens is 433 g/mol. The van der Waals surface area contributed by atoms with Crippen LogP contribution in [-0.2, 0) is 19.8 Å². The lowest BCUT2D eigenvalue weighted by atomic mass is 9.72. The van der Waals surface area contributed by atoms with Gasteiger partial charge in [-0.1, -0.05) is 18.6 Å². The molecule has 1 aromatic heterocycles. The molecule has 1 saturated carbocycles. The molecule has 1 amide bonds. The first-order valence-electron chi connectivity index (χ1n) is 10.7. The van der Waals surface area contributed by atoms with E-state index in [0.29, 0.717) is 17.9 Å². The van der Waals surface area contributed by atoms with Crippen molar-refractivity contribution in [1.82, 2.24) is 14.8 Å². The Kier molecular flexibility index (Phi) is 5.07. The van der Waals surface area contributed by atoms with Crippen molar-refractivity contribution >= 4 is 17.9 Å². The Morgan fingerprint density at radius 1 is 1.18 bits per heavy atom. The SMILES string of the molecule is Cn1cnnc1[C@@H](c1cccc(N2Cc3c(cc(C=O)cc3C(F)(F)F)C2=O)c1)C1CCC1. The normalized spacial score (nSPS) is 17.1. The van der Waals surface area contributed by atoms with Crippen LogP contribution >= 0.6 is 0 Å². The van der Waals surface area contributed by atoms with Crippen molar-refractivity contribution in [2.24, 2.45) is 13.0 Å². The summed E-state index contributed by atoms with van der Waals surface area (Å²) in [6.45, 7) is -0.205. The van der Waals surface area contributed by atoms with E-state index in [9.17, 15) is 22.8 Å². The molecule has 0 N–H and O–H groups in total. The van der Waals surface area contributed by atoms with Gasteiger partial charge in [-0.05, 0) is 54.2 Å². The largest absolute Gasteiger partial charge is 0.416 e. The minimum absolute atomic E-state index is 0.0151. The number of hydrogen-bond acceptors (Lipinski definition) is 4. The van der Waals surface area contributed by atoms with E-state index in [0.717, 1.165) is 36.7 Å². The van der Waals surface area contributed by atoms with E-state index in [1.54, 1.807) is 12.4 Å². The van der Waals surface area contributed by atoms with Crippen LogP contribution in [0, 0.1) is 5.92 Å². The van der Waals surface area contributed by atoms with Gasteiger partial charge < -0.3 is 9.47 Å². The molecule has 2 heterocycles. The number of fused-ring (bicyclic) bond motifs is 1. The summed E-state index contributed by atoms with van der Waals surface area (Å²) in [7, 11) is 1.88. The van der Waals surface area contributed by atoms with Crippen LogP contribution in [0.15, 0.2) is 42.7 Å². The van der Waals surface area contributed by atoms with E-state index < -0.39 is 17.6 Å². The highest BCUT2D eigenvalue weighted by Gasteiger charge is 2.41. The van der Waals surface area contributed by atoms with E-state index in [2.05, 4.69) is 10.2 Å². The van der Waals surface area contributed by atoms with Crippen LogP contribution in [0.1, 0.15) is 68.4 Å². The number of aryl methyl sites for hydroxylation is 1. The van der Waals surface area contributed by atoms with Gasteiger partial charge in [-0.3, -0.25) is 9.59 Å². The van der Waals surface area contributed by atoms with E-state index >= 15 is 0 Å². The topological polar surface area (TPSA) is 68.1 Å². The molecule has 0 spiro atoms. The lowest BCUT2D eigenvalue weighted by molar-refractivity contribution is -0.138. The number of hydrogen-bond donors (Lipinski definition) is 0. The summed E-state index contributed by atoms with van der Waals surface area (Å²) in [5, 5.41) is 8.31. The molecule has 2 aromatic carbocycles. The Labute approximate surface area is 188 Å². The highest BCUT2D eigenvalue weighted by atomic mass is 19.4. The molecule has 0 unspecified atom stereocenters. The second-order valence-corrected chi connectivity index (χ2v) is 8.67. The molecule has 5 rings (SSSR count). The minimum Gasteiger partial charge on any atom is -0.320 e. The highest BCUT2D eigenvalue weighted by molar-refractivity contribution is 6.11. The average molecular weight is 454 g/mol. The van der Waals surface area contributed by atoms with Gasteiger partial charge >= 0.3 is 6.18 Å². The molecule has 1 atom stereocenters. The number of alkyl halides is 3. The van der Waals surface area contributed by atoms with Gasteiger partial charge in [0, 0.05) is 29.8 Å². The zero-order valence-electron chi connectivity index (χ0n) is 17.8. The number of carbonyl (C=O) groups excluding carboxylic acids is 2. The maximum absolute atomic E-state index is 13.7. The van der Waals surface area contributed by atoms with E-state index in [1.165, 1.54) is 11.0 Å². The van der Waals surface area contributed by atoms with Crippen molar-refractivity contribution in [1.29, 1.82) is 0 Å². The number of aldehydes is 1. The Morgan fingerprint density at radius 2 is 1.97 bits per heavy atom. The van der Waals surface area contributed by atoms with Crippen LogP contribution in [0.4, 0.5) is 18.9 Å². The second-order valence-electron chi connectivity index (χ2n) is 8.67. The van der Waals surface area contributed by atoms with Gasteiger partial charge in [0.15, 0.2) is 0 Å². The third-order valence-electron chi connectivity index (χ3n) is 6.69. The predicted octanol–water partition coefficient (Wildman–Crippen LogP) is 4.74. The second kappa shape index (κ2) is 7.83. The zero-order valence-corrected chi connectivity index (χ0v) is 17.8. The molecule has 6 nitrogen and oxygen atoms in total. The summed E-state index contributed by atoms with van der Waals surface area (Å²) in [5.41, 5.74) is 0.161. The van der Waals surface area contributed by atoms with Crippen LogP contribution in [0.5, 0.6) is 0 Å². The van der Waals surface area contributed by atoms with Gasteiger partial charge in [0.1, 0.15) is 18.4 Å². The van der Waals surface area contributed by atoms with E-state index in [1.807, 2.05) is 29.8 Å². The molecule has 170 valence electrons. The molecule has 9 heteroatoms. The Bertz CT molecular complexity index is 1250. The lowest BCUT2D eigenvalue weighted by Crippen LogP contribution is -2.25. The van der Waals surface area contributed by atoms with Crippen LogP contribution in [-0.4, -0.2) is 27.0 Å². The van der Waals surface area contributed by atoms with Gasteiger partial charge in [0.25, 0.3) is 5.91 Å². The number of benzene rings is 2. The first-order valence-corrected chi connectivity index (χ1v) is 10.7. The number of carbonyl (C=O) groups is 2. The molecule has 0 radical (unpaired) electrons. The number of rotatable bonds is 5. The average Bonchev–Trinajstić information content (AvgIpc) is 3.32. The first kappa shape index (κ1) is 21.4. The maximum Gasteiger partial charge on any atom is 0.416 e. The van der Waals surface area contributed by atoms with Crippen molar-refractivity contribution in [2.75, 3.05) is 4.90 Å². The summed E-state index contributed by atoms with van der Waals surface area (Å²) < 4.78 is 42.8. The molecule has 1 aliphatic heterocycles. The summed E-state index contributed by atoms with van der Waals surface area (Å²) in [5.74, 6) is 0.651. The van der Waals surface area contributed by atoms with Gasteiger partial charge in [-0.15, -0.1) is 10.2 Å². The Balaban J connectivity index is 1.54. The van der Waals surface area contributed by atoms with Crippen molar-refractivity contribution in [3.8, 4) is 0 Å². The lowest BCUT2D eigenvalue weighted by Gasteiger charge is -2.33. The maximum atomic E-state index is 13.7. The molecule has 0 saturated heterocycles. The summed E-state index contributed by atoms with van der Waals surface area (Å²) in [6.07, 6.45) is 0.559. The Morgan fingerprint density at radius 3 is 2.58 bits per heavy atom. The van der Waals surface area contributed by atoms with Gasteiger partial charge in [0.05, 0.1) is 12.1 Å². The van der Waals surface area contributed by atoms with E-state index in [4.69, 9.17) is 0 Å². The van der Waals surface area contributed by atoms with Gasteiger partial charge in [-0.2, -0.15) is 13.2 Å². The van der Waals surface area contributed by atoms with Crippen molar-refractivity contribution in [2.45, 2.75) is 37.9 Å². The summed E-state index contributed by atoms with van der Waals surface area (Å²) in [4.78, 5) is 25.7. The number of halogens is 3. The fourth-order valence-electron chi connectivity index (χ4n) is 4.83. The van der Waals surface area contributed by atoms with Crippen LogP contribution in [0.2, 0.25) is 0 Å². The van der Waals surface area contributed by atoms with Gasteiger partial charge in [-0.25, -0.2) is 0 Å². The van der Waals surface area contributed by atoms with Crippen molar-refractivity contribution < 1.29 is 22.8 Å².